The molecule has 21 heavy (non-hydrogen) atoms. The van der Waals surface area contributed by atoms with E-state index in [4.69, 9.17) is 4.74 Å². The number of ether oxygens (including phenoxy) is 1. The van der Waals surface area contributed by atoms with Crippen LogP contribution in [0.2, 0.25) is 0 Å². The molecule has 2 aliphatic rings. The summed E-state index contributed by atoms with van der Waals surface area (Å²) >= 11 is 0. The van der Waals surface area contributed by atoms with Crippen LogP contribution in [0.25, 0.3) is 0 Å². The second-order valence-corrected chi connectivity index (χ2v) is 5.90. The largest absolute Gasteiger partial charge is 0.474 e. The van der Waals surface area contributed by atoms with Gasteiger partial charge in [-0.15, -0.1) is 0 Å². The van der Waals surface area contributed by atoms with E-state index in [1.54, 1.807) is 6.20 Å². The van der Waals surface area contributed by atoms with Crippen LogP contribution in [0.15, 0.2) is 24.4 Å². The normalized spacial score (nSPS) is 27.5. The molecule has 2 amide bonds. The number of nitrogens with one attached hydrogen (secondary N) is 1. The van der Waals surface area contributed by atoms with Gasteiger partial charge in [0.05, 0.1) is 0 Å². The Balaban J connectivity index is 1.60. The van der Waals surface area contributed by atoms with Gasteiger partial charge in [-0.05, 0) is 25.3 Å². The fourth-order valence-electron chi connectivity index (χ4n) is 3.47. The van der Waals surface area contributed by atoms with Crippen molar-refractivity contribution in [1.29, 1.82) is 0 Å². The molecular weight excluding hydrogens is 266 g/mol. The predicted molar refractivity (Wildman–Crippen MR) is 80.2 cm³/mol. The molecule has 0 aliphatic carbocycles. The van der Waals surface area contributed by atoms with E-state index in [9.17, 15) is 4.79 Å². The lowest BCUT2D eigenvalue weighted by Crippen LogP contribution is -2.52. The van der Waals surface area contributed by atoms with E-state index in [-0.39, 0.29) is 12.1 Å². The van der Waals surface area contributed by atoms with Crippen LogP contribution in [0, 0.1) is 0 Å². The molecule has 2 saturated heterocycles. The highest BCUT2D eigenvalue weighted by Crippen LogP contribution is 2.37. The maximum atomic E-state index is 12.2. The first-order chi connectivity index (χ1) is 10.3. The van der Waals surface area contributed by atoms with Crippen LogP contribution in [0.1, 0.15) is 39.0 Å². The van der Waals surface area contributed by atoms with Crippen molar-refractivity contribution in [2.24, 2.45) is 0 Å². The maximum Gasteiger partial charge on any atom is 0.317 e. The monoisotopic (exact) mass is 289 g/mol. The molecule has 2 aliphatic heterocycles. The molecule has 0 aromatic carbocycles. The topological polar surface area (TPSA) is 54.5 Å². The van der Waals surface area contributed by atoms with Crippen molar-refractivity contribution in [3.05, 3.63) is 24.4 Å². The summed E-state index contributed by atoms with van der Waals surface area (Å²) in [5.41, 5.74) is 0. The average molecular weight is 289 g/mol. The third-order valence-electron chi connectivity index (χ3n) is 4.38. The van der Waals surface area contributed by atoms with Crippen LogP contribution >= 0.6 is 0 Å². The van der Waals surface area contributed by atoms with E-state index >= 15 is 0 Å². The predicted octanol–water partition coefficient (Wildman–Crippen LogP) is 2.58. The zero-order valence-corrected chi connectivity index (χ0v) is 12.5. The van der Waals surface area contributed by atoms with Crippen molar-refractivity contribution in [1.82, 2.24) is 15.2 Å². The Bertz CT molecular complexity index is 466. The van der Waals surface area contributed by atoms with Gasteiger partial charge < -0.3 is 15.0 Å². The molecule has 5 heteroatoms. The fraction of sp³-hybridized carbons (Fsp3) is 0.625. The lowest BCUT2D eigenvalue weighted by molar-refractivity contribution is 0.0662. The van der Waals surface area contributed by atoms with Crippen LogP contribution in [0.3, 0.4) is 0 Å². The Morgan fingerprint density at radius 1 is 1.38 bits per heavy atom. The molecule has 2 fully saturated rings. The number of nitrogens with zero attached hydrogens (tertiary/aromatic N) is 2. The Morgan fingerprint density at radius 2 is 2.14 bits per heavy atom. The van der Waals surface area contributed by atoms with Crippen molar-refractivity contribution >= 4 is 6.03 Å². The number of carbonyl (C=O) groups excluding carboxylic acids is 1. The smallest absolute Gasteiger partial charge is 0.317 e. The molecule has 5 nitrogen and oxygen atoms in total. The van der Waals surface area contributed by atoms with Gasteiger partial charge in [-0.2, -0.15) is 0 Å². The second kappa shape index (κ2) is 6.33. The second-order valence-electron chi connectivity index (χ2n) is 5.90. The van der Waals surface area contributed by atoms with E-state index in [0.29, 0.717) is 18.0 Å². The zero-order chi connectivity index (χ0) is 14.7. The molecule has 2 bridgehead atoms. The molecule has 0 spiro atoms. The van der Waals surface area contributed by atoms with Gasteiger partial charge in [-0.25, -0.2) is 9.78 Å². The van der Waals surface area contributed by atoms with E-state index in [0.717, 1.165) is 38.6 Å². The Kier molecular flexibility index (Phi) is 4.27. The number of aromatic nitrogens is 1. The summed E-state index contributed by atoms with van der Waals surface area (Å²) in [6.45, 7) is 2.82. The van der Waals surface area contributed by atoms with Crippen LogP contribution in [0.5, 0.6) is 5.88 Å². The van der Waals surface area contributed by atoms with Crippen LogP contribution < -0.4 is 10.1 Å². The Labute approximate surface area is 125 Å². The molecule has 2 atom stereocenters. The summed E-state index contributed by atoms with van der Waals surface area (Å²) in [7, 11) is 0. The van der Waals surface area contributed by atoms with Crippen LogP contribution in [-0.2, 0) is 0 Å². The van der Waals surface area contributed by atoms with E-state index < -0.39 is 0 Å². The quantitative estimate of drug-likeness (QED) is 0.927. The first-order valence-electron chi connectivity index (χ1n) is 7.91. The lowest BCUT2D eigenvalue weighted by atomic mass is 10.00. The van der Waals surface area contributed by atoms with Crippen molar-refractivity contribution in [3.8, 4) is 5.88 Å². The molecule has 0 saturated carbocycles. The highest BCUT2D eigenvalue weighted by molar-refractivity contribution is 5.75. The maximum absolute atomic E-state index is 12.2. The molecule has 0 radical (unpaired) electrons. The molecule has 2 unspecified atom stereocenters. The number of amides is 2. The summed E-state index contributed by atoms with van der Waals surface area (Å²) in [6.07, 6.45) is 6.89. The van der Waals surface area contributed by atoms with E-state index in [1.165, 1.54) is 0 Å². The third-order valence-corrected chi connectivity index (χ3v) is 4.38. The third kappa shape index (κ3) is 3.12. The summed E-state index contributed by atoms with van der Waals surface area (Å²) in [4.78, 5) is 18.5. The minimum Gasteiger partial charge on any atom is -0.474 e. The number of piperidine rings is 1. The van der Waals surface area contributed by atoms with Gasteiger partial charge in [-0.3, -0.25) is 0 Å². The van der Waals surface area contributed by atoms with Crippen molar-refractivity contribution < 1.29 is 9.53 Å². The van der Waals surface area contributed by atoms with Gasteiger partial charge in [0.25, 0.3) is 0 Å². The number of hydrogen-bond donors (Lipinski definition) is 1. The number of urea groups is 1. The Morgan fingerprint density at radius 3 is 2.76 bits per heavy atom. The summed E-state index contributed by atoms with van der Waals surface area (Å²) in [5, 5.41) is 3.00. The van der Waals surface area contributed by atoms with Crippen LogP contribution in [-0.4, -0.2) is 40.6 Å². The fourth-order valence-corrected chi connectivity index (χ4v) is 3.47. The molecule has 3 rings (SSSR count). The van der Waals surface area contributed by atoms with Crippen LogP contribution in [0.4, 0.5) is 4.79 Å². The van der Waals surface area contributed by atoms with Gasteiger partial charge in [0.1, 0.15) is 6.10 Å². The lowest BCUT2D eigenvalue weighted by Gasteiger charge is -2.38. The summed E-state index contributed by atoms with van der Waals surface area (Å²) in [6, 6.07) is 6.44. The number of rotatable bonds is 4. The molecule has 1 aromatic rings. The van der Waals surface area contributed by atoms with Gasteiger partial charge in [0.2, 0.25) is 5.88 Å². The van der Waals surface area contributed by atoms with Gasteiger partial charge in [-0.1, -0.05) is 13.0 Å². The Hall–Kier alpha value is -1.78. The number of fused-ring (bicyclic) bond motifs is 2. The molecule has 114 valence electrons. The molecule has 3 heterocycles. The van der Waals surface area contributed by atoms with Gasteiger partial charge in [0.15, 0.2) is 0 Å². The standard InChI is InChI=1S/C16H23N3O2/c1-2-8-18-16(20)19-12-6-7-13(19)11-14(10-12)21-15-5-3-4-9-17-15/h3-5,9,12-14H,2,6-8,10-11H2,1H3,(H,18,20). The molecule has 1 aromatic heterocycles. The van der Waals surface area contributed by atoms with Crippen molar-refractivity contribution in [2.75, 3.05) is 6.54 Å². The SMILES string of the molecule is CCCNC(=O)N1C2CCC1CC(Oc1ccccn1)C2. The highest BCUT2D eigenvalue weighted by atomic mass is 16.5. The van der Waals surface area contributed by atoms with Gasteiger partial charge in [0, 0.05) is 43.7 Å². The number of pyridine rings is 1. The highest BCUT2D eigenvalue weighted by Gasteiger charge is 2.44. The van der Waals surface area contributed by atoms with Crippen molar-refractivity contribution in [3.63, 3.8) is 0 Å². The molecule has 1 N–H and O–H groups in total. The number of hydrogen-bond acceptors (Lipinski definition) is 3. The van der Waals surface area contributed by atoms with Gasteiger partial charge >= 0.3 is 6.03 Å². The van der Waals surface area contributed by atoms with Crippen molar-refractivity contribution in [2.45, 2.75) is 57.2 Å². The average Bonchev–Trinajstić information content (AvgIpc) is 2.77. The van der Waals surface area contributed by atoms with E-state index in [2.05, 4.69) is 17.2 Å². The summed E-state index contributed by atoms with van der Waals surface area (Å²) in [5.74, 6) is 0.686. The minimum absolute atomic E-state index is 0.0978. The number of carbonyl (C=O) groups is 1. The van der Waals surface area contributed by atoms with E-state index in [1.807, 2.05) is 23.1 Å². The zero-order valence-electron chi connectivity index (χ0n) is 12.5. The minimum atomic E-state index is 0.0978. The summed E-state index contributed by atoms with van der Waals surface area (Å²) < 4.78 is 5.98. The first kappa shape index (κ1) is 14.2. The molecular formula is C16H23N3O2. The first-order valence-corrected chi connectivity index (χ1v) is 7.91.